The maximum atomic E-state index is 12.3. The number of hydrogen-bond donors (Lipinski definition) is 0. The van der Waals surface area contributed by atoms with E-state index in [4.69, 9.17) is 9.47 Å². The van der Waals surface area contributed by atoms with E-state index >= 15 is 0 Å². The molecule has 0 aliphatic rings. The second-order valence-corrected chi connectivity index (χ2v) is 6.21. The molecule has 3 aromatic rings. The molecule has 0 N–H and O–H groups in total. The van der Waals surface area contributed by atoms with Crippen LogP contribution in [-0.4, -0.2) is 35.4 Å². The Labute approximate surface area is 172 Å². The van der Waals surface area contributed by atoms with E-state index in [-0.39, 0.29) is 31.0 Å². The molecule has 0 unspecified atom stereocenters. The molecule has 1 heterocycles. The molecule has 30 heavy (non-hydrogen) atoms. The highest BCUT2D eigenvalue weighted by molar-refractivity contribution is 5.89. The molecule has 154 valence electrons. The molecule has 0 amide bonds. The van der Waals surface area contributed by atoms with Gasteiger partial charge in [-0.05, 0) is 35.9 Å². The molecule has 0 radical (unpaired) electrons. The first-order valence-electron chi connectivity index (χ1n) is 9.17. The van der Waals surface area contributed by atoms with Crippen molar-refractivity contribution in [1.82, 2.24) is 9.78 Å². The van der Waals surface area contributed by atoms with Crippen molar-refractivity contribution in [2.75, 3.05) is 13.7 Å². The highest BCUT2D eigenvalue weighted by atomic mass is 16.5. The van der Waals surface area contributed by atoms with Crippen LogP contribution in [-0.2, 0) is 22.6 Å². The molecule has 0 atom stereocenters. The lowest BCUT2D eigenvalue weighted by Crippen LogP contribution is -2.27. The topological polar surface area (TPSA) is 96.7 Å². The lowest BCUT2D eigenvalue weighted by molar-refractivity contribution is 0.0461. The maximum Gasteiger partial charge on any atom is 0.359 e. The highest BCUT2D eigenvalue weighted by Gasteiger charge is 2.12. The number of methoxy groups -OCH3 is 1. The fourth-order valence-electron chi connectivity index (χ4n) is 2.56. The maximum absolute atomic E-state index is 12.3. The van der Waals surface area contributed by atoms with E-state index < -0.39 is 11.9 Å². The minimum atomic E-state index is -0.662. The van der Waals surface area contributed by atoms with Gasteiger partial charge in [0.15, 0.2) is 5.69 Å². The number of carbonyl (C=O) groups is 2. The number of hydrogen-bond acceptors (Lipinski definition) is 7. The van der Waals surface area contributed by atoms with Crippen LogP contribution in [0.5, 0.6) is 5.75 Å². The first kappa shape index (κ1) is 20.8. The van der Waals surface area contributed by atoms with Crippen molar-refractivity contribution < 1.29 is 23.8 Å². The monoisotopic (exact) mass is 408 g/mol. The number of para-hydroxylation sites is 1. The van der Waals surface area contributed by atoms with Gasteiger partial charge in [0.05, 0.1) is 19.2 Å². The summed E-state index contributed by atoms with van der Waals surface area (Å²) in [4.78, 5) is 35.7. The number of ether oxygens (including phenoxy) is 3. The predicted octanol–water partition coefficient (Wildman–Crippen LogP) is 2.47. The number of esters is 2. The fourth-order valence-corrected chi connectivity index (χ4v) is 2.56. The van der Waals surface area contributed by atoms with E-state index in [1.165, 1.54) is 19.2 Å². The summed E-state index contributed by atoms with van der Waals surface area (Å²) in [6.45, 7) is 0.407. The van der Waals surface area contributed by atoms with Gasteiger partial charge in [-0.1, -0.05) is 30.3 Å². The van der Waals surface area contributed by atoms with Crippen LogP contribution < -0.4 is 10.3 Å². The third-order valence-corrected chi connectivity index (χ3v) is 4.14. The lowest BCUT2D eigenvalue weighted by Gasteiger charge is -2.09. The fraction of sp³-hybridized carbons (Fsp3) is 0.182. The minimum absolute atomic E-state index is 0.00178. The van der Waals surface area contributed by atoms with Gasteiger partial charge >= 0.3 is 11.9 Å². The van der Waals surface area contributed by atoms with Crippen molar-refractivity contribution in [3.63, 3.8) is 0 Å². The Balaban J connectivity index is 1.57. The molecule has 0 fully saturated rings. The summed E-state index contributed by atoms with van der Waals surface area (Å²) in [5.74, 6) is -0.426. The van der Waals surface area contributed by atoms with Crippen LogP contribution in [0.25, 0.3) is 0 Å². The van der Waals surface area contributed by atoms with Gasteiger partial charge in [-0.2, -0.15) is 5.10 Å². The molecule has 1 aromatic heterocycles. The van der Waals surface area contributed by atoms with E-state index in [0.29, 0.717) is 16.9 Å². The smallest absolute Gasteiger partial charge is 0.359 e. The third-order valence-electron chi connectivity index (χ3n) is 4.14. The van der Waals surface area contributed by atoms with E-state index in [2.05, 4.69) is 9.84 Å². The predicted molar refractivity (Wildman–Crippen MR) is 107 cm³/mol. The molecule has 8 heteroatoms. The summed E-state index contributed by atoms with van der Waals surface area (Å²) >= 11 is 0. The van der Waals surface area contributed by atoms with Crippen LogP contribution in [0.15, 0.2) is 71.5 Å². The quantitative estimate of drug-likeness (QED) is 0.528. The van der Waals surface area contributed by atoms with Crippen molar-refractivity contribution in [2.45, 2.75) is 13.2 Å². The van der Waals surface area contributed by atoms with Gasteiger partial charge in [-0.25, -0.2) is 14.3 Å². The van der Waals surface area contributed by atoms with Gasteiger partial charge in [0.2, 0.25) is 0 Å². The van der Waals surface area contributed by atoms with Gasteiger partial charge in [-0.3, -0.25) is 4.79 Å². The molecular weight excluding hydrogens is 388 g/mol. The van der Waals surface area contributed by atoms with Crippen LogP contribution >= 0.6 is 0 Å². The summed E-state index contributed by atoms with van der Waals surface area (Å²) in [5.41, 5.74) is 0.765. The van der Waals surface area contributed by atoms with Crippen molar-refractivity contribution >= 4 is 11.9 Å². The third kappa shape index (κ3) is 5.54. The van der Waals surface area contributed by atoms with Crippen LogP contribution in [0.3, 0.4) is 0 Å². The van der Waals surface area contributed by atoms with Crippen LogP contribution in [0.4, 0.5) is 0 Å². The highest BCUT2D eigenvalue weighted by Crippen LogP contribution is 2.09. The SMILES string of the molecule is COC(=O)c1ccc(COC(=O)c2ccc(=O)n(CCOc3ccccc3)n2)cc1. The molecule has 0 aliphatic carbocycles. The van der Waals surface area contributed by atoms with Gasteiger partial charge in [0.1, 0.15) is 19.0 Å². The van der Waals surface area contributed by atoms with Crippen molar-refractivity contribution in [2.24, 2.45) is 0 Å². The number of benzene rings is 2. The summed E-state index contributed by atoms with van der Waals surface area (Å²) in [6.07, 6.45) is 0. The summed E-state index contributed by atoms with van der Waals surface area (Å²) in [7, 11) is 1.30. The van der Waals surface area contributed by atoms with Gasteiger partial charge in [0, 0.05) is 6.07 Å². The Hall–Kier alpha value is -3.94. The van der Waals surface area contributed by atoms with E-state index in [1.807, 2.05) is 30.3 Å². The van der Waals surface area contributed by atoms with Gasteiger partial charge in [-0.15, -0.1) is 0 Å². The molecule has 0 bridgehead atoms. The molecule has 0 spiro atoms. The Kier molecular flexibility index (Phi) is 6.94. The van der Waals surface area contributed by atoms with Gasteiger partial charge < -0.3 is 14.2 Å². The Morgan fingerprint density at radius 2 is 1.67 bits per heavy atom. The molecule has 0 aliphatic heterocycles. The second kappa shape index (κ2) is 10.0. The average molecular weight is 408 g/mol. The zero-order valence-corrected chi connectivity index (χ0v) is 16.3. The summed E-state index contributed by atoms with van der Waals surface area (Å²) in [6, 6.07) is 18.3. The zero-order chi connectivity index (χ0) is 21.3. The number of aromatic nitrogens is 2. The minimum Gasteiger partial charge on any atom is -0.492 e. The van der Waals surface area contributed by atoms with Crippen LogP contribution in [0.1, 0.15) is 26.4 Å². The Morgan fingerprint density at radius 1 is 0.933 bits per heavy atom. The standard InChI is InChI=1S/C22H20N2O6/c1-28-21(26)17-9-7-16(8-10-17)15-30-22(27)19-11-12-20(25)24(23-19)13-14-29-18-5-3-2-4-6-18/h2-12H,13-15H2,1H3. The molecule has 0 saturated carbocycles. The van der Waals surface area contributed by atoms with Crippen molar-refractivity contribution in [1.29, 1.82) is 0 Å². The first-order chi connectivity index (χ1) is 14.6. The van der Waals surface area contributed by atoms with E-state index in [1.54, 1.807) is 24.3 Å². The second-order valence-electron chi connectivity index (χ2n) is 6.21. The molecule has 8 nitrogen and oxygen atoms in total. The largest absolute Gasteiger partial charge is 0.492 e. The molecule has 2 aromatic carbocycles. The Morgan fingerprint density at radius 3 is 2.37 bits per heavy atom. The van der Waals surface area contributed by atoms with Crippen LogP contribution in [0.2, 0.25) is 0 Å². The molecule has 3 rings (SSSR count). The number of carbonyl (C=O) groups excluding carboxylic acids is 2. The van der Waals surface area contributed by atoms with Gasteiger partial charge in [0.25, 0.3) is 5.56 Å². The van der Waals surface area contributed by atoms with Crippen molar-refractivity contribution in [3.8, 4) is 5.75 Å². The lowest BCUT2D eigenvalue weighted by atomic mass is 10.1. The number of rotatable bonds is 8. The normalized spacial score (nSPS) is 10.3. The summed E-state index contributed by atoms with van der Waals surface area (Å²) < 4.78 is 16.6. The van der Waals surface area contributed by atoms with E-state index in [0.717, 1.165) is 4.68 Å². The molecule has 0 saturated heterocycles. The first-order valence-corrected chi connectivity index (χ1v) is 9.17. The average Bonchev–Trinajstić information content (AvgIpc) is 2.79. The Bertz CT molecular complexity index is 1060. The molecular formula is C22H20N2O6. The zero-order valence-electron chi connectivity index (χ0n) is 16.3. The van der Waals surface area contributed by atoms with Crippen molar-refractivity contribution in [3.05, 3.63) is 93.9 Å². The number of nitrogens with zero attached hydrogens (tertiary/aromatic N) is 2. The summed E-state index contributed by atoms with van der Waals surface area (Å²) in [5, 5.41) is 4.05. The van der Waals surface area contributed by atoms with Crippen LogP contribution in [0, 0.1) is 0 Å². The van der Waals surface area contributed by atoms with E-state index in [9.17, 15) is 14.4 Å².